The summed E-state index contributed by atoms with van der Waals surface area (Å²) in [4.78, 5) is 4.97. The average Bonchev–Trinajstić information content (AvgIpc) is 3.93. The van der Waals surface area contributed by atoms with Crippen molar-refractivity contribution in [2.75, 3.05) is 0 Å². The van der Waals surface area contributed by atoms with Crippen LogP contribution in [0.25, 0.3) is 72.6 Å². The van der Waals surface area contributed by atoms with Crippen LogP contribution in [0.1, 0.15) is 105 Å². The van der Waals surface area contributed by atoms with Crippen molar-refractivity contribution >= 4 is 21.8 Å². The van der Waals surface area contributed by atoms with Gasteiger partial charge in [0.25, 0.3) is 0 Å². The molecule has 3 aromatic heterocycles. The number of aromatic nitrogens is 5. The van der Waals surface area contributed by atoms with Gasteiger partial charge in [-0.1, -0.05) is 198 Å². The second-order valence-corrected chi connectivity index (χ2v) is 23.2. The lowest BCUT2D eigenvalue weighted by atomic mass is 9.80. The van der Waals surface area contributed by atoms with Crippen LogP contribution in [0.4, 0.5) is 0 Å². The quantitative estimate of drug-likeness (QED) is 0.113. The molecule has 0 radical (unpaired) electrons. The van der Waals surface area contributed by atoms with Crippen LogP contribution in [-0.4, -0.2) is 19.3 Å². The van der Waals surface area contributed by atoms with Gasteiger partial charge in [-0.3, -0.25) is 4.57 Å². The van der Waals surface area contributed by atoms with E-state index in [0.717, 1.165) is 67.3 Å². The molecule has 0 spiro atoms. The molecule has 0 unspecified atom stereocenters. The number of nitrogens with zero attached hydrogens (tertiary/aromatic N) is 5. The minimum absolute atomic E-state index is 0.0469. The van der Waals surface area contributed by atoms with Crippen molar-refractivity contribution in [3.05, 3.63) is 205 Å². The van der Waals surface area contributed by atoms with Gasteiger partial charge in [-0.2, -0.15) is 4.68 Å². The molecule has 0 aliphatic heterocycles. The van der Waals surface area contributed by atoms with Gasteiger partial charge in [0.1, 0.15) is 17.3 Å². The largest absolute Gasteiger partial charge is 0.458 e. The molecule has 6 heteroatoms. The lowest BCUT2D eigenvalue weighted by Gasteiger charge is -2.27. The van der Waals surface area contributed by atoms with E-state index >= 15 is 0 Å². The molecule has 0 aliphatic carbocycles. The Morgan fingerprint density at radius 1 is 0.451 bits per heavy atom. The number of ether oxygens (including phenoxy) is 1. The third kappa shape index (κ3) is 9.44. The summed E-state index contributed by atoms with van der Waals surface area (Å²) in [6, 6.07) is 60.6. The van der Waals surface area contributed by atoms with E-state index in [2.05, 4.69) is 250 Å². The molecule has 0 bridgehead atoms. The molecular formula is C65H65N5O. The molecule has 0 N–H and O–H groups in total. The van der Waals surface area contributed by atoms with Crippen LogP contribution in [0, 0.1) is 6.33 Å². The SMILES string of the molecule is CC(C)(C)c1cc(-[n+]2[c-]n(-c3cccc(Oc4ccc5c6cc(-c7ccccc7)ccc6n(-c6cc(C(C)(C)C)ccn6)c5c4)c3)nc2-c2cc(C(C)(C)C)ccc2-c2ccccc2)cc(C(C)(C)C)c1. The summed E-state index contributed by atoms with van der Waals surface area (Å²) in [5.74, 6) is 3.07. The first kappa shape index (κ1) is 47.1. The second-order valence-electron chi connectivity index (χ2n) is 23.2. The molecule has 0 aliphatic rings. The van der Waals surface area contributed by atoms with Crippen LogP contribution in [0.2, 0.25) is 0 Å². The van der Waals surface area contributed by atoms with Crippen LogP contribution < -0.4 is 9.30 Å². The molecule has 356 valence electrons. The fraction of sp³-hybridized carbons (Fsp3) is 0.246. The van der Waals surface area contributed by atoms with Crippen LogP contribution in [0.3, 0.4) is 0 Å². The first-order chi connectivity index (χ1) is 33.7. The highest BCUT2D eigenvalue weighted by atomic mass is 16.5. The van der Waals surface area contributed by atoms with E-state index < -0.39 is 0 Å². The van der Waals surface area contributed by atoms with Gasteiger partial charge in [0.2, 0.25) is 12.2 Å². The number of pyridine rings is 1. The highest BCUT2D eigenvalue weighted by molar-refractivity contribution is 6.10. The smallest absolute Gasteiger partial charge is 0.232 e. The van der Waals surface area contributed by atoms with Gasteiger partial charge >= 0.3 is 0 Å². The number of fused-ring (bicyclic) bond motifs is 3. The monoisotopic (exact) mass is 932 g/mol. The van der Waals surface area contributed by atoms with Gasteiger partial charge in [0.15, 0.2) is 0 Å². The van der Waals surface area contributed by atoms with E-state index in [1.807, 2.05) is 29.1 Å². The lowest BCUT2D eigenvalue weighted by Crippen LogP contribution is -2.33. The Morgan fingerprint density at radius 3 is 1.75 bits per heavy atom. The zero-order valence-corrected chi connectivity index (χ0v) is 43.4. The molecule has 0 fully saturated rings. The topological polar surface area (TPSA) is 48.8 Å². The van der Waals surface area contributed by atoms with Crippen molar-refractivity contribution < 1.29 is 9.30 Å². The standard InChI is InChI=1S/C65H65N5O/c1-62(2,3)46-27-29-54(44-22-17-14-18-23-44)57(38-46)61-67-69(42-68(61)51-36-48(64(7,8)9)35-49(37-51)65(10,11)12)50-24-19-25-52(40-50)71-53-28-30-55-56-34-45(43-20-15-13-16-21-43)26-31-58(56)70(59(55)41-53)60-39-47(32-33-66-60)63(4,5)6/h13-41H,1-12H3. The molecule has 10 rings (SSSR count). The third-order valence-corrected chi connectivity index (χ3v) is 13.7. The van der Waals surface area contributed by atoms with Gasteiger partial charge in [0, 0.05) is 34.3 Å². The van der Waals surface area contributed by atoms with Crippen LogP contribution in [0.15, 0.2) is 176 Å². The summed E-state index contributed by atoms with van der Waals surface area (Å²) in [6.45, 7) is 27.2. The molecule has 0 atom stereocenters. The summed E-state index contributed by atoms with van der Waals surface area (Å²) in [7, 11) is 0. The second kappa shape index (κ2) is 17.7. The Hall–Kier alpha value is -7.57. The Kier molecular flexibility index (Phi) is 11.7. The molecule has 0 amide bonds. The van der Waals surface area contributed by atoms with Gasteiger partial charge < -0.3 is 9.30 Å². The summed E-state index contributed by atoms with van der Waals surface area (Å²) in [5, 5.41) is 7.77. The van der Waals surface area contributed by atoms with Gasteiger partial charge in [-0.05, 0) is 120 Å². The maximum absolute atomic E-state index is 6.85. The van der Waals surface area contributed by atoms with Crippen molar-refractivity contribution in [3.8, 4) is 62.3 Å². The van der Waals surface area contributed by atoms with Gasteiger partial charge in [-0.15, -0.1) is 0 Å². The minimum Gasteiger partial charge on any atom is -0.458 e. The first-order valence-electron chi connectivity index (χ1n) is 24.9. The minimum atomic E-state index is -0.0895. The van der Waals surface area contributed by atoms with E-state index in [4.69, 9.17) is 14.8 Å². The van der Waals surface area contributed by atoms with Crippen molar-refractivity contribution in [1.29, 1.82) is 0 Å². The van der Waals surface area contributed by atoms with E-state index in [1.54, 1.807) is 0 Å². The molecular weight excluding hydrogens is 867 g/mol. The molecule has 0 saturated heterocycles. The summed E-state index contributed by atoms with van der Waals surface area (Å²) >= 11 is 0. The van der Waals surface area contributed by atoms with Gasteiger partial charge in [0.05, 0.1) is 16.7 Å². The van der Waals surface area contributed by atoms with E-state index in [-0.39, 0.29) is 21.7 Å². The predicted molar refractivity (Wildman–Crippen MR) is 294 cm³/mol. The first-order valence-corrected chi connectivity index (χ1v) is 24.9. The van der Waals surface area contributed by atoms with E-state index in [1.165, 1.54) is 33.4 Å². The number of rotatable bonds is 8. The fourth-order valence-electron chi connectivity index (χ4n) is 9.39. The Balaban J connectivity index is 1.12. The number of benzene rings is 7. The average molecular weight is 932 g/mol. The molecule has 71 heavy (non-hydrogen) atoms. The maximum Gasteiger partial charge on any atom is 0.232 e. The Bertz CT molecular complexity index is 3560. The Labute approximate surface area is 420 Å². The molecule has 0 saturated carbocycles. The zero-order chi connectivity index (χ0) is 50.0. The zero-order valence-electron chi connectivity index (χ0n) is 43.4. The number of hydrogen-bond donors (Lipinski definition) is 0. The lowest BCUT2D eigenvalue weighted by molar-refractivity contribution is -0.589. The summed E-state index contributed by atoms with van der Waals surface area (Å²) in [6.07, 6.45) is 5.67. The summed E-state index contributed by atoms with van der Waals surface area (Å²) < 4.78 is 13.2. The predicted octanol–water partition coefficient (Wildman–Crippen LogP) is 16.4. The van der Waals surface area contributed by atoms with E-state index in [0.29, 0.717) is 5.75 Å². The number of hydrogen-bond acceptors (Lipinski definition) is 3. The highest BCUT2D eigenvalue weighted by Gasteiger charge is 2.26. The van der Waals surface area contributed by atoms with E-state index in [9.17, 15) is 0 Å². The van der Waals surface area contributed by atoms with Crippen LogP contribution in [-0.2, 0) is 21.7 Å². The van der Waals surface area contributed by atoms with Crippen LogP contribution in [0.5, 0.6) is 11.5 Å². The van der Waals surface area contributed by atoms with Crippen molar-refractivity contribution in [3.63, 3.8) is 0 Å². The molecule has 6 nitrogen and oxygen atoms in total. The maximum atomic E-state index is 6.85. The van der Waals surface area contributed by atoms with Crippen molar-refractivity contribution in [2.45, 2.75) is 105 Å². The van der Waals surface area contributed by atoms with Crippen molar-refractivity contribution in [1.82, 2.24) is 19.3 Å². The van der Waals surface area contributed by atoms with Crippen molar-refractivity contribution in [2.24, 2.45) is 0 Å². The Morgan fingerprint density at radius 2 is 1.08 bits per heavy atom. The molecule has 3 heterocycles. The third-order valence-electron chi connectivity index (χ3n) is 13.7. The normalized spacial score (nSPS) is 12.5. The molecule has 7 aromatic carbocycles. The molecule has 10 aromatic rings. The van der Waals surface area contributed by atoms with Gasteiger partial charge in [-0.25, -0.2) is 4.98 Å². The highest BCUT2D eigenvalue weighted by Crippen LogP contribution is 2.40. The summed E-state index contributed by atoms with van der Waals surface area (Å²) in [5.41, 5.74) is 14.2. The fourth-order valence-corrected chi connectivity index (χ4v) is 9.39. The van der Waals surface area contributed by atoms with Crippen LogP contribution >= 0.6 is 0 Å².